The fourth-order valence-electron chi connectivity index (χ4n) is 4.01. The lowest BCUT2D eigenvalue weighted by Gasteiger charge is -2.31. The Kier molecular flexibility index (Phi) is 24.3. The number of allylic oxidation sites excluding steroid dienone is 8. The molecule has 0 fully saturated rings. The molecular formula is C34H58NO7+. The minimum absolute atomic E-state index is 0.0273. The second kappa shape index (κ2) is 26.0. The van der Waals surface area contributed by atoms with Crippen molar-refractivity contribution in [3.63, 3.8) is 0 Å². The third kappa shape index (κ3) is 23.9. The fraction of sp³-hybridized carbons (Fsp3) is 0.676. The van der Waals surface area contributed by atoms with Crippen molar-refractivity contribution >= 4 is 17.9 Å². The number of carbonyl (C=O) groups excluding carboxylic acids is 2. The summed E-state index contributed by atoms with van der Waals surface area (Å²) in [4.78, 5) is 36.3. The van der Waals surface area contributed by atoms with Gasteiger partial charge in [-0.05, 0) is 51.4 Å². The van der Waals surface area contributed by atoms with E-state index < -0.39 is 18.1 Å². The van der Waals surface area contributed by atoms with Crippen LogP contribution in [0.5, 0.6) is 0 Å². The maximum absolute atomic E-state index is 12.5. The Morgan fingerprint density at radius 3 is 2.00 bits per heavy atom. The first-order chi connectivity index (χ1) is 20.1. The van der Waals surface area contributed by atoms with Gasteiger partial charge < -0.3 is 23.8 Å². The molecule has 1 N–H and O–H groups in total. The highest BCUT2D eigenvalue weighted by molar-refractivity contribution is 5.72. The standard InChI is InChI=1S/C34H57NO7/c1-6-8-10-12-14-15-16-17-19-21-23-25-33(37)42-30(28-40-27-26-31(34(38)39)35(3,4)5)29-41-32(36)24-22-20-18-13-11-9-7-2/h8,10,14-15,17-20,30-31H,6-7,9,11-13,16,21-29H2,1-5H3/p+1/b10-8+,15-14+,19-17+,20-18+. The Bertz CT molecular complexity index is 839. The highest BCUT2D eigenvalue weighted by Gasteiger charge is 2.31. The number of carboxylic acid groups (broad SMARTS) is 1. The minimum atomic E-state index is -0.892. The summed E-state index contributed by atoms with van der Waals surface area (Å²) in [6, 6.07) is -0.625. The predicted molar refractivity (Wildman–Crippen MR) is 169 cm³/mol. The molecule has 0 radical (unpaired) electrons. The molecule has 0 aliphatic heterocycles. The lowest BCUT2D eigenvalue weighted by Crippen LogP contribution is -2.50. The molecule has 8 heteroatoms. The van der Waals surface area contributed by atoms with Gasteiger partial charge in [-0.15, -0.1) is 0 Å². The quantitative estimate of drug-likeness (QED) is 0.0502. The van der Waals surface area contributed by atoms with Gasteiger partial charge >= 0.3 is 17.9 Å². The molecule has 42 heavy (non-hydrogen) atoms. The van der Waals surface area contributed by atoms with Gasteiger partial charge in [-0.3, -0.25) is 9.59 Å². The van der Waals surface area contributed by atoms with E-state index in [1.165, 1.54) is 12.8 Å². The van der Waals surface area contributed by atoms with Crippen molar-refractivity contribution in [2.45, 2.75) is 109 Å². The van der Waals surface area contributed by atoms with E-state index in [4.69, 9.17) is 14.2 Å². The predicted octanol–water partition coefficient (Wildman–Crippen LogP) is 6.95. The van der Waals surface area contributed by atoms with Crippen LogP contribution < -0.4 is 0 Å². The van der Waals surface area contributed by atoms with Crippen LogP contribution in [-0.4, -0.2) is 80.6 Å². The topological polar surface area (TPSA) is 99.1 Å². The van der Waals surface area contributed by atoms with Crippen LogP contribution in [0.25, 0.3) is 0 Å². The van der Waals surface area contributed by atoms with Crippen molar-refractivity contribution in [3.05, 3.63) is 48.6 Å². The van der Waals surface area contributed by atoms with Gasteiger partial charge in [0.15, 0.2) is 12.1 Å². The number of esters is 2. The lowest BCUT2D eigenvalue weighted by molar-refractivity contribution is -0.887. The number of nitrogens with zero attached hydrogens (tertiary/aromatic N) is 1. The molecule has 0 saturated heterocycles. The maximum atomic E-state index is 12.5. The van der Waals surface area contributed by atoms with Crippen LogP contribution in [0.4, 0.5) is 0 Å². The molecule has 0 aromatic heterocycles. The van der Waals surface area contributed by atoms with Crippen molar-refractivity contribution in [2.75, 3.05) is 41.0 Å². The molecule has 0 bridgehead atoms. The van der Waals surface area contributed by atoms with Crippen molar-refractivity contribution in [1.29, 1.82) is 0 Å². The third-order valence-corrected chi connectivity index (χ3v) is 6.48. The monoisotopic (exact) mass is 592 g/mol. The van der Waals surface area contributed by atoms with Gasteiger partial charge in [-0.25, -0.2) is 4.79 Å². The van der Waals surface area contributed by atoms with E-state index in [2.05, 4.69) is 56.4 Å². The molecule has 0 amide bonds. The van der Waals surface area contributed by atoms with Gasteiger partial charge in [-0.1, -0.05) is 75.3 Å². The smallest absolute Gasteiger partial charge is 0.362 e. The molecule has 0 aliphatic rings. The maximum Gasteiger partial charge on any atom is 0.362 e. The second-order valence-corrected chi connectivity index (χ2v) is 11.3. The second-order valence-electron chi connectivity index (χ2n) is 11.3. The van der Waals surface area contributed by atoms with Crippen molar-refractivity contribution < 1.29 is 38.2 Å². The lowest BCUT2D eigenvalue weighted by atomic mass is 10.1. The van der Waals surface area contributed by atoms with Crippen LogP contribution in [0.3, 0.4) is 0 Å². The van der Waals surface area contributed by atoms with E-state index >= 15 is 0 Å². The summed E-state index contributed by atoms with van der Waals surface area (Å²) in [6.45, 7) is 4.40. The van der Waals surface area contributed by atoms with Gasteiger partial charge in [0.05, 0.1) is 34.4 Å². The zero-order chi connectivity index (χ0) is 31.5. The van der Waals surface area contributed by atoms with Crippen molar-refractivity contribution in [2.24, 2.45) is 0 Å². The van der Waals surface area contributed by atoms with Gasteiger partial charge in [0.25, 0.3) is 0 Å². The van der Waals surface area contributed by atoms with E-state index in [0.717, 1.165) is 38.5 Å². The number of likely N-dealkylation sites (N-methyl/N-ethyl adjacent to an activating group) is 1. The van der Waals surface area contributed by atoms with Gasteiger partial charge in [-0.2, -0.15) is 0 Å². The Hall–Kier alpha value is -2.71. The Balaban J connectivity index is 4.66. The number of quaternary nitrogens is 1. The van der Waals surface area contributed by atoms with Crippen molar-refractivity contribution in [1.82, 2.24) is 0 Å². The van der Waals surface area contributed by atoms with E-state index in [9.17, 15) is 19.5 Å². The molecule has 0 aromatic rings. The summed E-state index contributed by atoms with van der Waals surface area (Å²) in [5.74, 6) is -1.62. The number of carboxylic acids is 1. The number of ether oxygens (including phenoxy) is 3. The van der Waals surface area contributed by atoms with Gasteiger partial charge in [0.2, 0.25) is 0 Å². The van der Waals surface area contributed by atoms with E-state index in [1.807, 2.05) is 27.2 Å². The first-order valence-corrected chi connectivity index (χ1v) is 15.7. The number of rotatable bonds is 26. The highest BCUT2D eigenvalue weighted by atomic mass is 16.6. The highest BCUT2D eigenvalue weighted by Crippen LogP contribution is 2.10. The van der Waals surface area contributed by atoms with E-state index in [-0.39, 0.29) is 49.1 Å². The van der Waals surface area contributed by atoms with Gasteiger partial charge in [0, 0.05) is 19.3 Å². The summed E-state index contributed by atoms with van der Waals surface area (Å²) in [5.41, 5.74) is 0. The molecule has 0 aromatic carbocycles. The molecular weight excluding hydrogens is 534 g/mol. The molecule has 0 spiro atoms. The molecule has 0 heterocycles. The van der Waals surface area contributed by atoms with Crippen LogP contribution in [-0.2, 0) is 28.6 Å². The molecule has 0 aliphatic carbocycles. The fourth-order valence-corrected chi connectivity index (χ4v) is 4.01. The number of hydrogen-bond donors (Lipinski definition) is 1. The number of aliphatic carboxylic acids is 1. The number of unbranched alkanes of at least 4 members (excludes halogenated alkanes) is 4. The van der Waals surface area contributed by atoms with Crippen LogP contribution in [0.1, 0.15) is 97.3 Å². The normalized spacial score (nSPS) is 13.8. The summed E-state index contributed by atoms with van der Waals surface area (Å²) >= 11 is 0. The Labute approximate surface area is 255 Å². The average molecular weight is 593 g/mol. The minimum Gasteiger partial charge on any atom is -0.477 e. The Morgan fingerprint density at radius 1 is 0.738 bits per heavy atom. The zero-order valence-corrected chi connectivity index (χ0v) is 26.9. The SMILES string of the molecule is CC/C=C/C/C=C/C/C=C/CCCC(=O)OC(COCCC(C(=O)O)[N+](C)(C)C)COC(=O)CC/C=C/CCCCC. The Morgan fingerprint density at radius 2 is 1.36 bits per heavy atom. The van der Waals surface area contributed by atoms with Crippen LogP contribution in [0, 0.1) is 0 Å². The summed E-state index contributed by atoms with van der Waals surface area (Å²) in [6.07, 6.45) is 26.3. The number of carbonyl (C=O) groups is 3. The first kappa shape index (κ1) is 39.3. The van der Waals surface area contributed by atoms with Crippen molar-refractivity contribution in [3.8, 4) is 0 Å². The van der Waals surface area contributed by atoms with Crippen LogP contribution in [0.15, 0.2) is 48.6 Å². The van der Waals surface area contributed by atoms with Gasteiger partial charge in [0.1, 0.15) is 6.61 Å². The zero-order valence-electron chi connectivity index (χ0n) is 26.9. The first-order valence-electron chi connectivity index (χ1n) is 15.7. The van der Waals surface area contributed by atoms with E-state index in [0.29, 0.717) is 19.3 Å². The molecule has 2 unspecified atom stereocenters. The molecule has 0 saturated carbocycles. The largest absolute Gasteiger partial charge is 0.477 e. The van der Waals surface area contributed by atoms with Crippen LogP contribution >= 0.6 is 0 Å². The molecule has 240 valence electrons. The summed E-state index contributed by atoms with van der Waals surface area (Å²) in [7, 11) is 5.46. The van der Waals surface area contributed by atoms with Crippen LogP contribution in [0.2, 0.25) is 0 Å². The molecule has 2 atom stereocenters. The summed E-state index contributed by atoms with van der Waals surface area (Å²) in [5, 5.41) is 9.51. The average Bonchev–Trinajstić information content (AvgIpc) is 2.92. The molecule has 8 nitrogen and oxygen atoms in total. The molecule has 0 rings (SSSR count). The van der Waals surface area contributed by atoms with E-state index in [1.54, 1.807) is 0 Å². The summed E-state index contributed by atoms with van der Waals surface area (Å²) < 4.78 is 16.9. The number of hydrogen-bond acceptors (Lipinski definition) is 6. The third-order valence-electron chi connectivity index (χ3n) is 6.48.